The Morgan fingerprint density at radius 3 is 2.35 bits per heavy atom. The SMILES string of the molecule is Cc1c(C(=O)O)cnn1Cc1ccc(C(F)(F)F)cc1. The molecule has 0 saturated carbocycles. The van der Waals surface area contributed by atoms with Crippen molar-refractivity contribution in [3.8, 4) is 0 Å². The quantitative estimate of drug-likeness (QED) is 0.942. The summed E-state index contributed by atoms with van der Waals surface area (Å²) in [6.07, 6.45) is -3.14. The van der Waals surface area contributed by atoms with Gasteiger partial charge >= 0.3 is 12.1 Å². The van der Waals surface area contributed by atoms with Crippen LogP contribution in [0.15, 0.2) is 30.5 Å². The van der Waals surface area contributed by atoms with Gasteiger partial charge in [0, 0.05) is 0 Å². The van der Waals surface area contributed by atoms with Gasteiger partial charge in [-0.05, 0) is 24.6 Å². The van der Waals surface area contributed by atoms with Gasteiger partial charge in [0.1, 0.15) is 5.56 Å². The minimum atomic E-state index is -4.36. The number of halogens is 3. The maximum Gasteiger partial charge on any atom is 0.416 e. The number of benzene rings is 1. The average Bonchev–Trinajstić information content (AvgIpc) is 2.71. The molecule has 4 nitrogen and oxygen atoms in total. The highest BCUT2D eigenvalue weighted by atomic mass is 19.4. The molecule has 0 amide bonds. The predicted octanol–water partition coefficient (Wildman–Crippen LogP) is 2.96. The Morgan fingerprint density at radius 2 is 1.90 bits per heavy atom. The fraction of sp³-hybridized carbons (Fsp3) is 0.231. The summed E-state index contributed by atoms with van der Waals surface area (Å²) in [5.41, 5.74) is 0.431. The molecule has 0 unspecified atom stereocenters. The van der Waals surface area contributed by atoms with E-state index >= 15 is 0 Å². The lowest BCUT2D eigenvalue weighted by molar-refractivity contribution is -0.137. The van der Waals surface area contributed by atoms with E-state index in [-0.39, 0.29) is 12.1 Å². The van der Waals surface area contributed by atoms with Crippen molar-refractivity contribution in [1.82, 2.24) is 9.78 Å². The number of carboxylic acid groups (broad SMARTS) is 1. The van der Waals surface area contributed by atoms with Gasteiger partial charge in [0.15, 0.2) is 0 Å². The van der Waals surface area contributed by atoms with Crippen LogP contribution in [0.5, 0.6) is 0 Å². The highest BCUT2D eigenvalue weighted by Gasteiger charge is 2.29. The number of aromatic nitrogens is 2. The molecule has 0 radical (unpaired) electrons. The van der Waals surface area contributed by atoms with Crippen molar-refractivity contribution in [2.24, 2.45) is 0 Å². The fourth-order valence-corrected chi connectivity index (χ4v) is 1.79. The van der Waals surface area contributed by atoms with Crippen molar-refractivity contribution >= 4 is 5.97 Å². The maximum absolute atomic E-state index is 12.4. The van der Waals surface area contributed by atoms with E-state index in [1.54, 1.807) is 6.92 Å². The monoisotopic (exact) mass is 284 g/mol. The Kier molecular flexibility index (Phi) is 3.52. The van der Waals surface area contributed by atoms with Gasteiger partial charge in [-0.15, -0.1) is 0 Å². The van der Waals surface area contributed by atoms with E-state index in [1.165, 1.54) is 23.0 Å². The normalized spacial score (nSPS) is 11.6. The molecule has 0 aliphatic carbocycles. The molecule has 1 N–H and O–H groups in total. The standard InChI is InChI=1S/C13H11F3N2O2/c1-8-11(12(19)20)6-17-18(8)7-9-2-4-10(5-3-9)13(14,15)16/h2-6H,7H2,1H3,(H,19,20). The van der Waals surface area contributed by atoms with Crippen LogP contribution in [0, 0.1) is 6.92 Å². The van der Waals surface area contributed by atoms with Crippen LogP contribution >= 0.6 is 0 Å². The summed E-state index contributed by atoms with van der Waals surface area (Å²) in [6.45, 7) is 1.82. The zero-order valence-electron chi connectivity index (χ0n) is 10.5. The topological polar surface area (TPSA) is 55.1 Å². The first-order chi connectivity index (χ1) is 9.29. The third-order valence-corrected chi connectivity index (χ3v) is 2.95. The molecule has 0 bridgehead atoms. The summed E-state index contributed by atoms with van der Waals surface area (Å²) >= 11 is 0. The molecule has 1 heterocycles. The second kappa shape index (κ2) is 4.99. The molecule has 2 rings (SSSR count). The van der Waals surface area contributed by atoms with Gasteiger partial charge in [-0.3, -0.25) is 4.68 Å². The van der Waals surface area contributed by atoms with Crippen molar-refractivity contribution in [3.63, 3.8) is 0 Å². The smallest absolute Gasteiger partial charge is 0.416 e. The molecule has 1 aromatic heterocycles. The van der Waals surface area contributed by atoms with Crippen LogP contribution in [0.4, 0.5) is 13.2 Å². The van der Waals surface area contributed by atoms with Crippen LogP contribution in [-0.2, 0) is 12.7 Å². The van der Waals surface area contributed by atoms with Gasteiger partial charge in [-0.2, -0.15) is 18.3 Å². The fourth-order valence-electron chi connectivity index (χ4n) is 1.79. The first-order valence-corrected chi connectivity index (χ1v) is 5.71. The number of hydrogen-bond donors (Lipinski definition) is 1. The van der Waals surface area contributed by atoms with Gasteiger partial charge in [-0.1, -0.05) is 12.1 Å². The molecule has 0 atom stereocenters. The first kappa shape index (κ1) is 14.1. The largest absolute Gasteiger partial charge is 0.478 e. The van der Waals surface area contributed by atoms with E-state index in [0.29, 0.717) is 11.3 Å². The summed E-state index contributed by atoms with van der Waals surface area (Å²) in [6, 6.07) is 4.69. The minimum absolute atomic E-state index is 0.0805. The average molecular weight is 284 g/mol. The summed E-state index contributed by atoms with van der Waals surface area (Å²) in [4.78, 5) is 10.9. The van der Waals surface area contributed by atoms with E-state index in [0.717, 1.165) is 12.1 Å². The van der Waals surface area contributed by atoms with Crippen LogP contribution in [0.1, 0.15) is 27.2 Å². The summed E-state index contributed by atoms with van der Waals surface area (Å²) in [5.74, 6) is -1.08. The molecule has 0 aliphatic heterocycles. The molecule has 20 heavy (non-hydrogen) atoms. The van der Waals surface area contributed by atoms with Crippen LogP contribution in [0.25, 0.3) is 0 Å². The third-order valence-electron chi connectivity index (χ3n) is 2.95. The minimum Gasteiger partial charge on any atom is -0.478 e. The number of aromatic carboxylic acids is 1. The maximum atomic E-state index is 12.4. The molecule has 0 saturated heterocycles. The zero-order chi connectivity index (χ0) is 14.9. The molecule has 1 aromatic carbocycles. The lowest BCUT2D eigenvalue weighted by Crippen LogP contribution is -2.07. The Morgan fingerprint density at radius 1 is 1.30 bits per heavy atom. The Balaban J connectivity index is 2.21. The van der Waals surface area contributed by atoms with Gasteiger partial charge < -0.3 is 5.11 Å². The van der Waals surface area contributed by atoms with Crippen molar-refractivity contribution in [2.45, 2.75) is 19.6 Å². The van der Waals surface area contributed by atoms with Crippen LogP contribution in [-0.4, -0.2) is 20.9 Å². The Labute approximate surface area is 112 Å². The number of carboxylic acids is 1. The summed E-state index contributed by atoms with van der Waals surface area (Å²) in [5, 5.41) is 12.8. The van der Waals surface area contributed by atoms with Gasteiger partial charge in [0.2, 0.25) is 0 Å². The van der Waals surface area contributed by atoms with Crippen molar-refractivity contribution in [2.75, 3.05) is 0 Å². The van der Waals surface area contributed by atoms with E-state index in [2.05, 4.69) is 5.10 Å². The zero-order valence-corrected chi connectivity index (χ0v) is 10.5. The van der Waals surface area contributed by atoms with Gasteiger partial charge in [-0.25, -0.2) is 4.79 Å². The van der Waals surface area contributed by atoms with Crippen LogP contribution in [0.2, 0.25) is 0 Å². The summed E-state index contributed by atoms with van der Waals surface area (Å²) < 4.78 is 38.7. The molecular formula is C13H11F3N2O2. The van der Waals surface area contributed by atoms with Crippen LogP contribution < -0.4 is 0 Å². The number of hydrogen-bond acceptors (Lipinski definition) is 2. The second-order valence-corrected chi connectivity index (χ2v) is 4.30. The molecular weight excluding hydrogens is 273 g/mol. The van der Waals surface area contributed by atoms with E-state index in [9.17, 15) is 18.0 Å². The van der Waals surface area contributed by atoms with E-state index < -0.39 is 17.7 Å². The lowest BCUT2D eigenvalue weighted by atomic mass is 10.1. The Bertz CT molecular complexity index is 630. The van der Waals surface area contributed by atoms with Crippen molar-refractivity contribution < 1.29 is 23.1 Å². The highest BCUT2D eigenvalue weighted by molar-refractivity contribution is 5.88. The van der Waals surface area contributed by atoms with E-state index in [1.807, 2.05) is 0 Å². The molecule has 106 valence electrons. The van der Waals surface area contributed by atoms with E-state index in [4.69, 9.17) is 5.11 Å². The molecule has 7 heteroatoms. The first-order valence-electron chi connectivity index (χ1n) is 5.71. The number of alkyl halides is 3. The summed E-state index contributed by atoms with van der Waals surface area (Å²) in [7, 11) is 0. The van der Waals surface area contributed by atoms with Crippen molar-refractivity contribution in [1.29, 1.82) is 0 Å². The molecule has 0 fully saturated rings. The highest BCUT2D eigenvalue weighted by Crippen LogP contribution is 2.29. The number of rotatable bonds is 3. The molecule has 2 aromatic rings. The number of nitrogens with zero attached hydrogens (tertiary/aromatic N) is 2. The lowest BCUT2D eigenvalue weighted by Gasteiger charge is -2.08. The third kappa shape index (κ3) is 2.81. The van der Waals surface area contributed by atoms with Gasteiger partial charge in [0.05, 0.1) is 24.0 Å². The molecule has 0 aliphatic rings. The Hall–Kier alpha value is -2.31. The van der Waals surface area contributed by atoms with Crippen molar-refractivity contribution in [3.05, 3.63) is 52.8 Å². The second-order valence-electron chi connectivity index (χ2n) is 4.30. The van der Waals surface area contributed by atoms with Gasteiger partial charge in [0.25, 0.3) is 0 Å². The predicted molar refractivity (Wildman–Crippen MR) is 64.5 cm³/mol. The van der Waals surface area contributed by atoms with Crippen LogP contribution in [0.3, 0.4) is 0 Å². The number of carbonyl (C=O) groups is 1. The molecule has 0 spiro atoms.